The molecule has 3 aliphatic heterocycles. The van der Waals surface area contributed by atoms with Gasteiger partial charge in [-0.2, -0.15) is 0 Å². The van der Waals surface area contributed by atoms with E-state index in [0.29, 0.717) is 16.2 Å². The fourth-order valence-corrected chi connectivity index (χ4v) is 9.87. The molecule has 11 aromatic rings. The second kappa shape index (κ2) is 13.0. The lowest BCUT2D eigenvalue weighted by Gasteiger charge is -2.47. The average molecular weight is 869 g/mol. The van der Waals surface area contributed by atoms with Gasteiger partial charge in [0, 0.05) is 65.1 Å². The molecular weight excluding hydrogens is 796 g/mol. The molecule has 9 aromatic carbocycles. The maximum Gasteiger partial charge on any atom is 0.252 e. The summed E-state index contributed by atoms with van der Waals surface area (Å²) in [4.78, 5) is 2.25. The Kier molecular flexibility index (Phi) is 3.43. The molecule has 0 aliphatic carbocycles. The van der Waals surface area contributed by atoms with Crippen LogP contribution in [-0.4, -0.2) is 11.3 Å². The van der Waals surface area contributed by atoms with Gasteiger partial charge >= 0.3 is 0 Å². The van der Waals surface area contributed by atoms with Gasteiger partial charge in [0.25, 0.3) is 6.71 Å². The zero-order valence-corrected chi connectivity index (χ0v) is 34.1. The van der Waals surface area contributed by atoms with Gasteiger partial charge < -0.3 is 19.3 Å². The number of benzene rings is 9. The van der Waals surface area contributed by atoms with E-state index in [1.165, 1.54) is 0 Å². The van der Waals surface area contributed by atoms with E-state index in [-0.39, 0.29) is 25.7 Å². The normalized spacial score (nSPS) is 20.5. The predicted molar refractivity (Wildman–Crippen MR) is 275 cm³/mol. The van der Waals surface area contributed by atoms with Crippen LogP contribution in [0.4, 0.5) is 51.2 Å². The molecule has 5 heterocycles. The number of hydrogen-bond acceptors (Lipinski definition) is 4. The summed E-state index contributed by atoms with van der Waals surface area (Å²) in [5.41, 5.74) is -12.0. The van der Waals surface area contributed by atoms with Gasteiger partial charge in [-0.15, -0.1) is 11.3 Å². The molecule has 64 heavy (non-hydrogen) atoms. The van der Waals surface area contributed by atoms with E-state index in [4.69, 9.17) is 16.4 Å². The molecule has 4 nitrogen and oxygen atoms in total. The summed E-state index contributed by atoms with van der Waals surface area (Å²) in [6, 6.07) is -29.8. The van der Waals surface area contributed by atoms with Crippen molar-refractivity contribution in [3.63, 3.8) is 0 Å². The third-order valence-electron chi connectivity index (χ3n) is 11.6. The van der Waals surface area contributed by atoms with Gasteiger partial charge in [-0.25, -0.2) is 0 Å². The Morgan fingerprint density at radius 3 is 1.92 bits per heavy atom. The number of nitrogens with zero attached hydrogens (tertiary/aromatic N) is 4. The second-order valence-corrected chi connectivity index (χ2v) is 17.1. The highest BCUT2D eigenvalue weighted by atomic mass is 32.1. The molecule has 0 atom stereocenters. The Balaban J connectivity index is 1.33. The first-order valence-electron chi connectivity index (χ1n) is 35.7. The van der Waals surface area contributed by atoms with Crippen molar-refractivity contribution in [3.05, 3.63) is 199 Å². The van der Waals surface area contributed by atoms with Crippen LogP contribution in [0, 0.1) is 0 Å². The highest BCUT2D eigenvalue weighted by Crippen LogP contribution is 2.54. The molecule has 0 N–H and O–H groups in total. The van der Waals surface area contributed by atoms with Crippen molar-refractivity contribution in [2.45, 2.75) is 26.2 Å². The predicted octanol–water partition coefficient (Wildman–Crippen LogP) is 14.3. The summed E-state index contributed by atoms with van der Waals surface area (Å²) in [6.07, 6.45) is 0. The number of fused-ring (bicyclic) bond motifs is 12. The zero-order chi connectivity index (χ0) is 70.3. The topological polar surface area (TPSA) is 14.7 Å². The Morgan fingerprint density at radius 1 is 0.484 bits per heavy atom. The number of anilines is 9. The molecule has 2 aromatic heterocycles. The molecule has 0 unspecified atom stereocenters. The molecule has 6 heteroatoms. The van der Waals surface area contributed by atoms with Crippen LogP contribution in [0.5, 0.6) is 0 Å². The van der Waals surface area contributed by atoms with Crippen LogP contribution >= 0.6 is 11.3 Å². The molecule has 3 aliphatic rings. The number of hydrogen-bond donors (Lipinski definition) is 0. The summed E-state index contributed by atoms with van der Waals surface area (Å²) in [6.45, 7) is 2.76. The lowest BCUT2D eigenvalue weighted by atomic mass is 9.33. The fourth-order valence-electron chi connectivity index (χ4n) is 8.91. The first-order chi connectivity index (χ1) is 44.7. The van der Waals surface area contributed by atoms with Gasteiger partial charge in [-0.05, 0) is 106 Å². The van der Waals surface area contributed by atoms with Crippen LogP contribution in [-0.2, 0) is 5.41 Å². The quantitative estimate of drug-likeness (QED) is 0.164. The summed E-state index contributed by atoms with van der Waals surface area (Å²) < 4.78 is 306. The summed E-state index contributed by atoms with van der Waals surface area (Å²) in [7, 11) is 0. The van der Waals surface area contributed by atoms with Crippen LogP contribution in [0.15, 0.2) is 193 Å². The number of aromatic nitrogens is 1. The third-order valence-corrected chi connectivity index (χ3v) is 12.6. The Hall–Kier alpha value is -7.54. The van der Waals surface area contributed by atoms with E-state index in [9.17, 15) is 27.4 Å². The Bertz CT molecular complexity index is 5530. The first-order valence-corrected chi connectivity index (χ1v) is 20.5. The lowest BCUT2D eigenvalue weighted by Crippen LogP contribution is -2.62. The molecule has 0 radical (unpaired) electrons. The van der Waals surface area contributed by atoms with E-state index in [0.717, 1.165) is 14.4 Å². The average Bonchev–Trinajstić information content (AvgIpc) is 1.08. The van der Waals surface area contributed by atoms with Crippen LogP contribution < -0.4 is 31.1 Å². The van der Waals surface area contributed by atoms with E-state index in [2.05, 4.69) is 0 Å². The summed E-state index contributed by atoms with van der Waals surface area (Å²) in [5, 5.41) is -1.53. The molecule has 0 saturated heterocycles. The van der Waals surface area contributed by atoms with Gasteiger partial charge in [0.1, 0.15) is 0 Å². The van der Waals surface area contributed by atoms with Gasteiger partial charge in [-0.1, -0.05) is 136 Å². The van der Waals surface area contributed by atoms with E-state index >= 15 is 0 Å². The first kappa shape index (κ1) is 16.9. The lowest BCUT2D eigenvalue weighted by molar-refractivity contribution is 0.591. The molecule has 0 amide bonds. The van der Waals surface area contributed by atoms with Crippen LogP contribution in [0.2, 0.25) is 0 Å². The van der Waals surface area contributed by atoms with Crippen LogP contribution in [0.1, 0.15) is 70.2 Å². The van der Waals surface area contributed by atoms with Crippen molar-refractivity contribution in [1.82, 2.24) is 4.57 Å². The number of para-hydroxylation sites is 5. The van der Waals surface area contributed by atoms with Crippen LogP contribution in [0.25, 0.3) is 47.7 Å². The standard InChI is InChI=1S/C58H41BN4S/c1-58(2,3)36-28-31-48-46(32-36)59-45-23-15-26-50-57(45)63(49-25-14-22-44-41-20-10-12-24-47(41)62(50)56(44)49)52-34-40(60(37-16-6-4-7-17-37)38-18-8-5-9-19-38)33-51(55(52)59)61(48)39-29-30-43-42-21-11-13-27-53(42)64-54(43)35-39/h4-35H,1-3H3/i4D,5D,6D,7D,8D,9D,10D,11D,12D,13D,14D,15D,16D,17D,18D,19D,20D,21D,22D,23D,24D,25D,26D,27D,28D,29D,30D,31D,32D,33D,34D,35D. The molecule has 0 saturated carbocycles. The third kappa shape index (κ3) is 4.89. The highest BCUT2D eigenvalue weighted by molar-refractivity contribution is 7.25. The number of thiophene rings is 1. The monoisotopic (exact) mass is 869 g/mol. The largest absolute Gasteiger partial charge is 0.311 e. The minimum Gasteiger partial charge on any atom is -0.311 e. The van der Waals surface area contributed by atoms with Crippen molar-refractivity contribution >= 4 is 128 Å². The Labute approximate surface area is 421 Å². The fraction of sp³-hybridized carbons (Fsp3) is 0.0690. The van der Waals surface area contributed by atoms with Crippen molar-refractivity contribution in [2.24, 2.45) is 0 Å². The van der Waals surface area contributed by atoms with E-state index in [1.807, 2.05) is 0 Å². The molecule has 0 fully saturated rings. The maximum absolute atomic E-state index is 11.0. The van der Waals surface area contributed by atoms with Crippen molar-refractivity contribution in [2.75, 3.05) is 14.7 Å². The van der Waals surface area contributed by atoms with Crippen molar-refractivity contribution in [1.29, 1.82) is 0 Å². The highest BCUT2D eigenvalue weighted by Gasteiger charge is 2.47. The van der Waals surface area contributed by atoms with Crippen molar-refractivity contribution < 1.29 is 43.9 Å². The summed E-state index contributed by atoms with van der Waals surface area (Å²) in [5.74, 6) is 0. The minimum absolute atomic E-state index is 0.180. The second-order valence-electron chi connectivity index (χ2n) is 16.1. The van der Waals surface area contributed by atoms with Gasteiger partial charge in [0.15, 0.2) is 0 Å². The van der Waals surface area contributed by atoms with Crippen LogP contribution in [0.3, 0.4) is 0 Å². The molecule has 0 spiro atoms. The van der Waals surface area contributed by atoms with E-state index in [1.54, 1.807) is 20.8 Å². The SMILES string of the molecule is [2H]c1c([2H])c([2H])c(N(c2c([2H])c([2H])c([2H])c([2H])c2[2H])c2c([2H])c3c4c(c2[2H])N2c5c(c([2H])c([2H])c([2H])c5-n5c6c([2H])c([2H])c([2H])c([2H])c6c6c([2H])c([2H])c([2H])c2c65)B4c2c([2H])c(C(C)(C)C)c([2H])c([2H])c2N3c2c([2H])c([2H])c3c(sc4c([2H])c([2H])c([2H])c([2H])c43)c2[2H])c([2H])c1[2H]. The van der Waals surface area contributed by atoms with Gasteiger partial charge in [0.2, 0.25) is 0 Å². The number of rotatable bonds is 4. The molecule has 302 valence electrons. The zero-order valence-electron chi connectivity index (χ0n) is 65.3. The van der Waals surface area contributed by atoms with Crippen molar-refractivity contribution in [3.8, 4) is 5.69 Å². The molecular formula is C58H41BN4S. The van der Waals surface area contributed by atoms with E-state index < -0.39 is 301 Å². The van der Waals surface area contributed by atoms with Gasteiger partial charge in [-0.3, -0.25) is 0 Å². The molecule has 14 rings (SSSR count). The summed E-state index contributed by atoms with van der Waals surface area (Å²) >= 11 is 0.586. The van der Waals surface area contributed by atoms with Gasteiger partial charge in [0.05, 0.1) is 77.6 Å². The minimum atomic E-state index is -2.03. The smallest absolute Gasteiger partial charge is 0.252 e. The maximum atomic E-state index is 11.0. The Morgan fingerprint density at radius 2 is 1.14 bits per heavy atom. The molecule has 0 bridgehead atoms.